The van der Waals surface area contributed by atoms with Crippen LogP contribution >= 0.6 is 0 Å². The lowest BCUT2D eigenvalue weighted by Gasteiger charge is -2.27. The van der Waals surface area contributed by atoms with Crippen molar-refractivity contribution in [3.8, 4) is 5.88 Å². The minimum atomic E-state index is -1.10. The Morgan fingerprint density at radius 1 is 1.31 bits per heavy atom. The summed E-state index contributed by atoms with van der Waals surface area (Å²) in [6, 6.07) is -0.364. The predicted molar refractivity (Wildman–Crippen MR) is 104 cm³/mol. The highest BCUT2D eigenvalue weighted by Gasteiger charge is 2.32. The van der Waals surface area contributed by atoms with Crippen LogP contribution in [0.3, 0.4) is 0 Å². The number of anilines is 2. The molecule has 9 nitrogen and oxygen atoms in total. The first kappa shape index (κ1) is 18.3. The second-order valence-electron chi connectivity index (χ2n) is 7.44. The molecule has 0 aliphatic carbocycles. The van der Waals surface area contributed by atoms with E-state index in [1.807, 2.05) is 18.5 Å². The molecule has 1 saturated heterocycles. The summed E-state index contributed by atoms with van der Waals surface area (Å²) in [5.74, 6) is 0.906. The average molecular weight is 401 g/mol. The minimum absolute atomic E-state index is 0.0930. The fourth-order valence-electron chi connectivity index (χ4n) is 4.07. The Morgan fingerprint density at radius 2 is 2.21 bits per heavy atom. The quantitative estimate of drug-likeness (QED) is 0.706. The maximum atomic E-state index is 14.6. The van der Waals surface area contributed by atoms with E-state index >= 15 is 0 Å². The van der Waals surface area contributed by atoms with Gasteiger partial charge in [0.15, 0.2) is 5.65 Å². The standard InChI is InChI=1S/C19H24FN7O2/c1-3-14-16-18(25-27(14)15-5-8-28-10-13(15)20)29-7-4-6-26-17-12(11(2)24-26)9-21-19(22-16)23-17/h9,13,15H,3-8,10H2,1-2H3,(H,21,22,23)/t13-,15-/m1/s1. The van der Waals surface area contributed by atoms with Gasteiger partial charge in [0.25, 0.3) is 5.88 Å². The van der Waals surface area contributed by atoms with Crippen molar-refractivity contribution < 1.29 is 13.9 Å². The van der Waals surface area contributed by atoms with E-state index in [-0.39, 0.29) is 12.6 Å². The number of rotatable bonds is 2. The smallest absolute Gasteiger partial charge is 0.257 e. The highest BCUT2D eigenvalue weighted by Crippen LogP contribution is 2.36. The number of nitrogens with zero attached hydrogens (tertiary/aromatic N) is 6. The number of hydrogen-bond acceptors (Lipinski definition) is 7. The Bertz CT molecular complexity index is 1050. The molecule has 0 amide bonds. The van der Waals surface area contributed by atoms with E-state index in [0.717, 1.165) is 28.8 Å². The van der Waals surface area contributed by atoms with Crippen molar-refractivity contribution in [3.63, 3.8) is 0 Å². The number of nitrogens with one attached hydrogen (secondary N) is 1. The monoisotopic (exact) mass is 401 g/mol. The molecule has 1 N–H and O–H groups in total. The predicted octanol–water partition coefficient (Wildman–Crippen LogP) is 2.72. The molecule has 154 valence electrons. The summed E-state index contributed by atoms with van der Waals surface area (Å²) in [4.78, 5) is 9.14. The van der Waals surface area contributed by atoms with E-state index in [1.165, 1.54) is 0 Å². The molecule has 3 aromatic heterocycles. The molecule has 5 heterocycles. The Labute approximate surface area is 167 Å². The van der Waals surface area contributed by atoms with Gasteiger partial charge in [0.05, 0.1) is 36.0 Å². The first-order valence-electron chi connectivity index (χ1n) is 10.1. The van der Waals surface area contributed by atoms with Crippen LogP contribution in [0.1, 0.15) is 37.2 Å². The van der Waals surface area contributed by atoms with Gasteiger partial charge in [-0.1, -0.05) is 6.92 Å². The molecule has 0 aromatic carbocycles. The number of hydrogen-bond donors (Lipinski definition) is 1. The summed E-state index contributed by atoms with van der Waals surface area (Å²) in [6.45, 7) is 5.76. The van der Waals surface area contributed by atoms with Gasteiger partial charge < -0.3 is 14.8 Å². The Hall–Kier alpha value is -2.75. The van der Waals surface area contributed by atoms with Gasteiger partial charge in [-0.05, 0) is 19.8 Å². The van der Waals surface area contributed by atoms with Crippen LogP contribution in [0.2, 0.25) is 0 Å². The van der Waals surface area contributed by atoms with E-state index in [1.54, 1.807) is 10.9 Å². The van der Waals surface area contributed by atoms with Crippen LogP contribution in [0.5, 0.6) is 5.88 Å². The zero-order valence-corrected chi connectivity index (χ0v) is 16.6. The van der Waals surface area contributed by atoms with Gasteiger partial charge in [-0.15, -0.1) is 5.10 Å². The third kappa shape index (κ3) is 3.11. The third-order valence-electron chi connectivity index (χ3n) is 5.54. The van der Waals surface area contributed by atoms with Crippen LogP contribution in [0.15, 0.2) is 6.20 Å². The summed E-state index contributed by atoms with van der Waals surface area (Å²) in [5, 5.41) is 13.4. The third-order valence-corrected chi connectivity index (χ3v) is 5.54. The maximum Gasteiger partial charge on any atom is 0.257 e. The summed E-state index contributed by atoms with van der Waals surface area (Å²) in [6.07, 6.45) is 2.69. The Kier molecular flexibility index (Phi) is 4.57. The van der Waals surface area contributed by atoms with Gasteiger partial charge in [0.2, 0.25) is 5.95 Å². The highest BCUT2D eigenvalue weighted by molar-refractivity contribution is 5.79. The van der Waals surface area contributed by atoms with Crippen LogP contribution in [0.4, 0.5) is 16.0 Å². The van der Waals surface area contributed by atoms with Crippen molar-refractivity contribution in [2.75, 3.05) is 25.1 Å². The number of aromatic nitrogens is 6. The summed E-state index contributed by atoms with van der Waals surface area (Å²) >= 11 is 0. The molecule has 3 aromatic rings. The topological polar surface area (TPSA) is 91.9 Å². The molecule has 0 radical (unpaired) electrons. The SMILES string of the molecule is CCc1c2c(nn1[C@@H]1CCOC[C@H]1F)OCCCn1nc(C)c3cnc(nc31)N2. The largest absolute Gasteiger partial charge is 0.475 e. The first-order chi connectivity index (χ1) is 14.2. The van der Waals surface area contributed by atoms with Crippen molar-refractivity contribution >= 4 is 22.7 Å². The lowest BCUT2D eigenvalue weighted by molar-refractivity contribution is -0.00118. The van der Waals surface area contributed by atoms with E-state index in [9.17, 15) is 4.39 Å². The molecular formula is C19H24FN7O2. The molecule has 1 fully saturated rings. The van der Waals surface area contributed by atoms with Gasteiger partial charge in [-0.2, -0.15) is 10.1 Å². The van der Waals surface area contributed by atoms with E-state index in [0.29, 0.717) is 50.1 Å². The molecule has 10 heteroatoms. The van der Waals surface area contributed by atoms with Gasteiger partial charge in [0, 0.05) is 25.8 Å². The van der Waals surface area contributed by atoms with Crippen molar-refractivity contribution in [1.29, 1.82) is 0 Å². The average Bonchev–Trinajstić information content (AvgIpc) is 3.22. The maximum absolute atomic E-state index is 14.6. The van der Waals surface area contributed by atoms with Crippen LogP contribution in [-0.2, 0) is 17.7 Å². The fraction of sp³-hybridized carbons (Fsp3) is 0.579. The molecule has 29 heavy (non-hydrogen) atoms. The molecule has 2 aliphatic rings. The number of ether oxygens (including phenoxy) is 2. The molecule has 2 aliphatic heterocycles. The summed E-state index contributed by atoms with van der Waals surface area (Å²) < 4.78 is 29.5. The normalized spacial score (nSPS) is 22.0. The van der Waals surface area contributed by atoms with Gasteiger partial charge in [-0.25, -0.2) is 14.1 Å². The van der Waals surface area contributed by atoms with E-state index in [4.69, 9.17) is 9.47 Å². The van der Waals surface area contributed by atoms with Crippen LogP contribution < -0.4 is 10.1 Å². The molecule has 5 rings (SSSR count). The fourth-order valence-corrected chi connectivity index (χ4v) is 4.07. The molecule has 0 spiro atoms. The minimum Gasteiger partial charge on any atom is -0.475 e. The van der Waals surface area contributed by atoms with Crippen LogP contribution in [-0.4, -0.2) is 55.5 Å². The molecular weight excluding hydrogens is 377 g/mol. The molecule has 2 bridgehead atoms. The lowest BCUT2D eigenvalue weighted by Crippen LogP contribution is -2.32. The zero-order valence-electron chi connectivity index (χ0n) is 16.6. The molecule has 2 atom stereocenters. The van der Waals surface area contributed by atoms with Gasteiger partial charge in [0.1, 0.15) is 11.9 Å². The first-order valence-corrected chi connectivity index (χ1v) is 10.1. The van der Waals surface area contributed by atoms with Gasteiger partial charge >= 0.3 is 0 Å². The second kappa shape index (κ2) is 7.25. The van der Waals surface area contributed by atoms with Crippen molar-refractivity contribution in [2.24, 2.45) is 0 Å². The Morgan fingerprint density at radius 3 is 3.03 bits per heavy atom. The molecule has 0 unspecified atom stereocenters. The number of aryl methyl sites for hydroxylation is 2. The zero-order chi connectivity index (χ0) is 20.0. The van der Waals surface area contributed by atoms with Crippen molar-refractivity contribution in [1.82, 2.24) is 29.5 Å². The number of halogens is 1. The lowest BCUT2D eigenvalue weighted by atomic mass is 10.1. The second-order valence-corrected chi connectivity index (χ2v) is 7.44. The summed E-state index contributed by atoms with van der Waals surface area (Å²) in [5.41, 5.74) is 3.28. The van der Waals surface area contributed by atoms with Gasteiger partial charge in [-0.3, -0.25) is 4.68 Å². The number of fused-ring (bicyclic) bond motifs is 2. The number of alkyl halides is 1. The van der Waals surface area contributed by atoms with E-state index in [2.05, 4.69) is 25.5 Å². The highest BCUT2D eigenvalue weighted by atomic mass is 19.1. The van der Waals surface area contributed by atoms with Crippen molar-refractivity contribution in [2.45, 2.75) is 51.9 Å². The van der Waals surface area contributed by atoms with E-state index < -0.39 is 6.17 Å². The van der Waals surface area contributed by atoms with Crippen LogP contribution in [0, 0.1) is 6.92 Å². The summed E-state index contributed by atoms with van der Waals surface area (Å²) in [7, 11) is 0. The van der Waals surface area contributed by atoms with Crippen LogP contribution in [0.25, 0.3) is 11.0 Å². The van der Waals surface area contributed by atoms with Crippen molar-refractivity contribution in [3.05, 3.63) is 17.6 Å². The molecule has 0 saturated carbocycles. The Balaban J connectivity index is 1.60.